The highest BCUT2D eigenvalue weighted by Crippen LogP contribution is 2.33. The molecule has 0 N–H and O–H groups in total. The molecule has 0 aromatic heterocycles. The Morgan fingerprint density at radius 3 is 2.48 bits per heavy atom. The Balaban J connectivity index is 2.29. The molecule has 2 rings (SSSR count). The van der Waals surface area contributed by atoms with Crippen LogP contribution in [0.4, 0.5) is 10.5 Å². The smallest absolute Gasteiger partial charge is 0.410 e. The van der Waals surface area contributed by atoms with Crippen LogP contribution in [0.15, 0.2) is 12.1 Å². The molecule has 1 aliphatic rings. The second-order valence-electron chi connectivity index (χ2n) is 8.19. The number of hydrogen-bond donors (Lipinski definition) is 0. The molecule has 1 aromatic rings. The van der Waals surface area contributed by atoms with Crippen molar-refractivity contribution < 1.29 is 23.8 Å². The summed E-state index contributed by atoms with van der Waals surface area (Å²) in [7, 11) is 1.58. The van der Waals surface area contributed by atoms with Crippen LogP contribution in [0, 0.1) is 6.92 Å². The van der Waals surface area contributed by atoms with E-state index >= 15 is 0 Å². The molecule has 0 aliphatic carbocycles. The van der Waals surface area contributed by atoms with E-state index in [1.807, 2.05) is 33.8 Å². The van der Waals surface area contributed by atoms with Crippen molar-refractivity contribution in [2.24, 2.45) is 0 Å². The highest BCUT2D eigenvalue weighted by atomic mass is 16.6. The van der Waals surface area contributed by atoms with Gasteiger partial charge in [0, 0.05) is 37.4 Å². The van der Waals surface area contributed by atoms with Crippen LogP contribution in [0.1, 0.15) is 57.0 Å². The molecule has 0 spiro atoms. The summed E-state index contributed by atoms with van der Waals surface area (Å²) in [5, 5.41) is 0. The number of carbonyl (C=O) groups is 2. The van der Waals surface area contributed by atoms with E-state index in [-0.39, 0.29) is 18.1 Å². The Bertz CT molecular complexity index is 741. The first-order chi connectivity index (χ1) is 13.6. The van der Waals surface area contributed by atoms with E-state index in [2.05, 4.69) is 11.8 Å². The lowest BCUT2D eigenvalue weighted by atomic mass is 10.0. The van der Waals surface area contributed by atoms with Gasteiger partial charge in [-0.15, -0.1) is 0 Å². The Hall–Kier alpha value is -2.44. The number of benzene rings is 1. The summed E-state index contributed by atoms with van der Waals surface area (Å²) in [5.74, 6) is 0.247. The van der Waals surface area contributed by atoms with Gasteiger partial charge in [-0.05, 0) is 59.6 Å². The fraction of sp³-hybridized carbons (Fsp3) is 0.636. The molecule has 1 fully saturated rings. The molecule has 0 bridgehead atoms. The van der Waals surface area contributed by atoms with Crippen LogP contribution in [0.3, 0.4) is 0 Å². The van der Waals surface area contributed by atoms with Crippen LogP contribution in [0.2, 0.25) is 0 Å². The van der Waals surface area contributed by atoms with Crippen LogP contribution in [-0.4, -0.2) is 62.0 Å². The molecule has 1 saturated heterocycles. The summed E-state index contributed by atoms with van der Waals surface area (Å²) < 4.78 is 16.2. The maximum atomic E-state index is 12.4. The topological polar surface area (TPSA) is 68.3 Å². The number of likely N-dealkylation sites (tertiary alicyclic amines) is 1. The van der Waals surface area contributed by atoms with Gasteiger partial charge in [0.25, 0.3) is 0 Å². The number of likely N-dealkylation sites (N-methyl/N-ethyl adjacent to an activating group) is 1. The lowest BCUT2D eigenvalue weighted by Crippen LogP contribution is -2.41. The van der Waals surface area contributed by atoms with Gasteiger partial charge >= 0.3 is 12.1 Å². The Morgan fingerprint density at radius 2 is 1.93 bits per heavy atom. The first-order valence-corrected chi connectivity index (χ1v) is 10.2. The van der Waals surface area contributed by atoms with Gasteiger partial charge in [0.2, 0.25) is 0 Å². The van der Waals surface area contributed by atoms with Gasteiger partial charge in [-0.25, -0.2) is 9.59 Å². The van der Waals surface area contributed by atoms with Crippen LogP contribution in [0.5, 0.6) is 5.75 Å². The van der Waals surface area contributed by atoms with E-state index in [1.165, 1.54) is 0 Å². The van der Waals surface area contributed by atoms with Gasteiger partial charge in [-0.1, -0.05) is 0 Å². The molecule has 1 atom stereocenters. The van der Waals surface area contributed by atoms with Crippen molar-refractivity contribution in [3.63, 3.8) is 0 Å². The van der Waals surface area contributed by atoms with Crippen molar-refractivity contribution in [1.29, 1.82) is 0 Å². The Labute approximate surface area is 173 Å². The van der Waals surface area contributed by atoms with E-state index in [1.54, 1.807) is 25.0 Å². The third kappa shape index (κ3) is 5.55. The molecule has 29 heavy (non-hydrogen) atoms. The third-order valence-electron chi connectivity index (χ3n) is 4.99. The van der Waals surface area contributed by atoms with Crippen molar-refractivity contribution >= 4 is 17.7 Å². The summed E-state index contributed by atoms with van der Waals surface area (Å²) in [4.78, 5) is 28.8. The molecular weight excluding hydrogens is 372 g/mol. The highest BCUT2D eigenvalue weighted by Gasteiger charge is 2.33. The maximum Gasteiger partial charge on any atom is 0.410 e. The van der Waals surface area contributed by atoms with E-state index in [0.717, 1.165) is 24.2 Å². The number of rotatable bonds is 6. The van der Waals surface area contributed by atoms with Gasteiger partial charge in [-0.2, -0.15) is 0 Å². The molecular formula is C22H34N2O5. The lowest BCUT2D eigenvalue weighted by Gasteiger charge is -2.32. The number of carbonyl (C=O) groups excluding carboxylic acids is 2. The SMILES string of the molecule is CCOC(=O)c1cc(OC)cc(N(CC)C2CCN(C(=O)OC(C)(C)C)C2)c1C. The summed E-state index contributed by atoms with van der Waals surface area (Å²) in [6, 6.07) is 3.79. The fourth-order valence-corrected chi connectivity index (χ4v) is 3.62. The van der Waals surface area contributed by atoms with E-state index in [4.69, 9.17) is 14.2 Å². The summed E-state index contributed by atoms with van der Waals surface area (Å²) in [6.45, 7) is 13.7. The zero-order valence-electron chi connectivity index (χ0n) is 18.7. The highest BCUT2D eigenvalue weighted by molar-refractivity contribution is 5.93. The van der Waals surface area contributed by atoms with Gasteiger partial charge < -0.3 is 24.0 Å². The standard InChI is InChI=1S/C22H34N2O5/c1-8-24(16-10-11-23(14-16)21(26)29-22(4,5)6)19-13-17(27-7)12-18(15(19)3)20(25)28-9-2/h12-13,16H,8-11,14H2,1-7H3. The zero-order chi connectivity index (χ0) is 21.8. The molecule has 0 radical (unpaired) electrons. The lowest BCUT2D eigenvalue weighted by molar-refractivity contribution is 0.0292. The quantitative estimate of drug-likeness (QED) is 0.665. The molecule has 1 unspecified atom stereocenters. The molecule has 1 aromatic carbocycles. The maximum absolute atomic E-state index is 12.4. The van der Waals surface area contributed by atoms with Gasteiger partial charge in [0.15, 0.2) is 0 Å². The number of esters is 1. The minimum Gasteiger partial charge on any atom is -0.497 e. The second kappa shape index (κ2) is 9.37. The van der Waals surface area contributed by atoms with Gasteiger partial charge in [-0.3, -0.25) is 0 Å². The predicted molar refractivity (Wildman–Crippen MR) is 113 cm³/mol. The van der Waals surface area contributed by atoms with Crippen LogP contribution >= 0.6 is 0 Å². The minimum absolute atomic E-state index is 0.133. The van der Waals surface area contributed by atoms with Crippen LogP contribution < -0.4 is 9.64 Å². The number of nitrogens with zero attached hydrogens (tertiary/aromatic N) is 2. The molecule has 162 valence electrons. The normalized spacial score (nSPS) is 16.5. The summed E-state index contributed by atoms with van der Waals surface area (Å²) in [5.41, 5.74) is 1.76. The van der Waals surface area contributed by atoms with Gasteiger partial charge in [0.1, 0.15) is 11.4 Å². The average molecular weight is 407 g/mol. The van der Waals surface area contributed by atoms with E-state index in [0.29, 0.717) is 31.0 Å². The summed E-state index contributed by atoms with van der Waals surface area (Å²) >= 11 is 0. The fourth-order valence-electron chi connectivity index (χ4n) is 3.62. The Morgan fingerprint density at radius 1 is 1.24 bits per heavy atom. The number of methoxy groups -OCH3 is 1. The van der Waals surface area contributed by atoms with Crippen molar-refractivity contribution in [3.8, 4) is 5.75 Å². The predicted octanol–water partition coefficient (Wildman–Crippen LogP) is 4.02. The third-order valence-corrected chi connectivity index (χ3v) is 4.99. The zero-order valence-corrected chi connectivity index (χ0v) is 18.7. The Kier molecular flexibility index (Phi) is 7.38. The first-order valence-electron chi connectivity index (χ1n) is 10.2. The van der Waals surface area contributed by atoms with Crippen molar-refractivity contribution in [1.82, 2.24) is 4.90 Å². The first kappa shape index (κ1) is 22.8. The molecule has 1 amide bonds. The minimum atomic E-state index is -0.516. The van der Waals surface area contributed by atoms with E-state index in [9.17, 15) is 9.59 Å². The van der Waals surface area contributed by atoms with E-state index < -0.39 is 5.60 Å². The van der Waals surface area contributed by atoms with Crippen LogP contribution in [0.25, 0.3) is 0 Å². The molecule has 7 heteroatoms. The molecule has 7 nitrogen and oxygen atoms in total. The average Bonchev–Trinajstić information content (AvgIpc) is 3.12. The molecule has 1 aliphatic heterocycles. The monoisotopic (exact) mass is 406 g/mol. The van der Waals surface area contributed by atoms with Crippen molar-refractivity contribution in [2.45, 2.75) is 59.6 Å². The van der Waals surface area contributed by atoms with Gasteiger partial charge in [0.05, 0.1) is 19.3 Å². The van der Waals surface area contributed by atoms with Crippen molar-refractivity contribution in [2.75, 3.05) is 38.3 Å². The molecule has 1 heterocycles. The number of hydrogen-bond acceptors (Lipinski definition) is 6. The molecule has 0 saturated carbocycles. The number of amides is 1. The number of anilines is 1. The number of ether oxygens (including phenoxy) is 3. The van der Waals surface area contributed by atoms with Crippen LogP contribution in [-0.2, 0) is 9.47 Å². The largest absolute Gasteiger partial charge is 0.497 e. The second-order valence-corrected chi connectivity index (χ2v) is 8.19. The van der Waals surface area contributed by atoms with Crippen molar-refractivity contribution in [3.05, 3.63) is 23.3 Å². The summed E-state index contributed by atoms with van der Waals surface area (Å²) in [6.07, 6.45) is 0.545.